The summed E-state index contributed by atoms with van der Waals surface area (Å²) in [7, 11) is 0. The molecule has 0 spiro atoms. The predicted octanol–water partition coefficient (Wildman–Crippen LogP) is 3.71. The summed E-state index contributed by atoms with van der Waals surface area (Å²) >= 11 is 3.45. The van der Waals surface area contributed by atoms with E-state index in [1.807, 2.05) is 0 Å². The second-order valence-corrected chi connectivity index (χ2v) is 4.44. The van der Waals surface area contributed by atoms with Gasteiger partial charge in [-0.2, -0.15) is 0 Å². The molecule has 0 heterocycles. The summed E-state index contributed by atoms with van der Waals surface area (Å²) in [5.41, 5.74) is 2.43. The average molecular weight is 257 g/mol. The lowest BCUT2D eigenvalue weighted by atomic mass is 10.1. The standard InChI is InChI=1S/C12H17BrO/c1-9(7-13)8-14-12-10(2)5-4-6-11(12)3/h4-6,9H,7-8H2,1-3H3. The zero-order valence-electron chi connectivity index (χ0n) is 9.01. The molecule has 0 saturated carbocycles. The van der Waals surface area contributed by atoms with E-state index in [1.165, 1.54) is 11.1 Å². The molecule has 0 aliphatic heterocycles. The van der Waals surface area contributed by atoms with Crippen LogP contribution in [0, 0.1) is 19.8 Å². The Labute approximate surface area is 94.6 Å². The van der Waals surface area contributed by atoms with Gasteiger partial charge >= 0.3 is 0 Å². The second-order valence-electron chi connectivity index (χ2n) is 3.79. The summed E-state index contributed by atoms with van der Waals surface area (Å²) in [6.07, 6.45) is 0. The smallest absolute Gasteiger partial charge is 0.125 e. The Bertz CT molecular complexity index is 276. The molecule has 78 valence electrons. The van der Waals surface area contributed by atoms with Crippen molar-refractivity contribution >= 4 is 15.9 Å². The van der Waals surface area contributed by atoms with Crippen LogP contribution in [-0.4, -0.2) is 11.9 Å². The third-order valence-electron chi connectivity index (χ3n) is 2.18. The van der Waals surface area contributed by atoms with E-state index in [0.29, 0.717) is 5.92 Å². The molecule has 1 nitrogen and oxygen atoms in total. The number of hydrogen-bond donors (Lipinski definition) is 0. The van der Waals surface area contributed by atoms with E-state index >= 15 is 0 Å². The van der Waals surface area contributed by atoms with E-state index in [4.69, 9.17) is 4.74 Å². The summed E-state index contributed by atoms with van der Waals surface area (Å²) in [6, 6.07) is 6.23. The zero-order valence-corrected chi connectivity index (χ0v) is 10.6. The first-order valence-corrected chi connectivity index (χ1v) is 6.02. The van der Waals surface area contributed by atoms with Gasteiger partial charge in [-0.3, -0.25) is 0 Å². The molecule has 0 aromatic heterocycles. The van der Waals surface area contributed by atoms with Gasteiger partial charge in [-0.05, 0) is 30.9 Å². The van der Waals surface area contributed by atoms with E-state index in [-0.39, 0.29) is 0 Å². The first-order valence-electron chi connectivity index (χ1n) is 4.90. The Morgan fingerprint density at radius 2 is 1.86 bits per heavy atom. The highest BCUT2D eigenvalue weighted by Crippen LogP contribution is 2.22. The Hall–Kier alpha value is -0.500. The fraction of sp³-hybridized carbons (Fsp3) is 0.500. The summed E-state index contributed by atoms with van der Waals surface area (Å²) < 4.78 is 5.79. The molecule has 0 N–H and O–H groups in total. The van der Waals surface area contributed by atoms with E-state index in [9.17, 15) is 0 Å². The first kappa shape index (κ1) is 11.6. The van der Waals surface area contributed by atoms with Gasteiger partial charge in [0.15, 0.2) is 0 Å². The van der Waals surface area contributed by atoms with Crippen LogP contribution in [0.5, 0.6) is 5.75 Å². The maximum absolute atomic E-state index is 5.79. The van der Waals surface area contributed by atoms with Crippen molar-refractivity contribution in [2.75, 3.05) is 11.9 Å². The van der Waals surface area contributed by atoms with Crippen molar-refractivity contribution in [2.24, 2.45) is 5.92 Å². The van der Waals surface area contributed by atoms with E-state index in [1.54, 1.807) is 0 Å². The molecule has 1 rings (SSSR count). The van der Waals surface area contributed by atoms with E-state index in [2.05, 4.69) is 54.9 Å². The molecule has 1 unspecified atom stereocenters. The normalized spacial score (nSPS) is 12.6. The third kappa shape index (κ3) is 3.02. The highest BCUT2D eigenvalue weighted by Gasteiger charge is 2.05. The predicted molar refractivity (Wildman–Crippen MR) is 64.4 cm³/mol. The van der Waals surface area contributed by atoms with Crippen LogP contribution in [0.25, 0.3) is 0 Å². The minimum absolute atomic E-state index is 0.550. The van der Waals surface area contributed by atoms with Crippen LogP contribution in [0.2, 0.25) is 0 Å². The van der Waals surface area contributed by atoms with Gasteiger partial charge in [0.2, 0.25) is 0 Å². The maximum Gasteiger partial charge on any atom is 0.125 e. The number of hydrogen-bond acceptors (Lipinski definition) is 1. The van der Waals surface area contributed by atoms with Gasteiger partial charge in [0.05, 0.1) is 6.61 Å². The molecule has 1 atom stereocenters. The highest BCUT2D eigenvalue weighted by molar-refractivity contribution is 9.09. The number of halogens is 1. The second kappa shape index (κ2) is 5.40. The molecular formula is C12H17BrO. The van der Waals surface area contributed by atoms with Crippen molar-refractivity contribution in [3.05, 3.63) is 29.3 Å². The van der Waals surface area contributed by atoms with Crippen LogP contribution < -0.4 is 4.74 Å². The number of ether oxygens (including phenoxy) is 1. The molecule has 0 fully saturated rings. The van der Waals surface area contributed by atoms with Crippen molar-refractivity contribution in [3.8, 4) is 5.75 Å². The van der Waals surface area contributed by atoms with Crippen molar-refractivity contribution in [1.82, 2.24) is 0 Å². The lowest BCUT2D eigenvalue weighted by molar-refractivity contribution is 0.271. The summed E-state index contributed by atoms with van der Waals surface area (Å²) in [6.45, 7) is 7.11. The van der Waals surface area contributed by atoms with Crippen LogP contribution in [0.4, 0.5) is 0 Å². The summed E-state index contributed by atoms with van der Waals surface area (Å²) in [5, 5.41) is 0.984. The number of alkyl halides is 1. The van der Waals surface area contributed by atoms with Crippen LogP contribution in [0.15, 0.2) is 18.2 Å². The quantitative estimate of drug-likeness (QED) is 0.747. The first-order chi connectivity index (χ1) is 6.65. The van der Waals surface area contributed by atoms with Crippen molar-refractivity contribution in [3.63, 3.8) is 0 Å². The molecule has 0 amide bonds. The van der Waals surface area contributed by atoms with Crippen molar-refractivity contribution < 1.29 is 4.74 Å². The number of aryl methyl sites for hydroxylation is 2. The minimum Gasteiger partial charge on any atom is -0.493 e. The molecule has 0 saturated heterocycles. The van der Waals surface area contributed by atoms with Gasteiger partial charge in [0.25, 0.3) is 0 Å². The molecule has 1 aromatic rings. The Morgan fingerprint density at radius 3 is 2.36 bits per heavy atom. The maximum atomic E-state index is 5.79. The van der Waals surface area contributed by atoms with Gasteiger partial charge in [0.1, 0.15) is 5.75 Å². The lowest BCUT2D eigenvalue weighted by Crippen LogP contribution is -2.10. The topological polar surface area (TPSA) is 9.23 Å². The molecule has 0 radical (unpaired) electrons. The fourth-order valence-corrected chi connectivity index (χ4v) is 1.48. The van der Waals surface area contributed by atoms with Crippen LogP contribution in [-0.2, 0) is 0 Å². The van der Waals surface area contributed by atoms with E-state index < -0.39 is 0 Å². The number of para-hydroxylation sites is 1. The Morgan fingerprint density at radius 1 is 1.29 bits per heavy atom. The SMILES string of the molecule is Cc1cccc(C)c1OCC(C)CBr. The molecule has 2 heteroatoms. The summed E-state index contributed by atoms with van der Waals surface area (Å²) in [4.78, 5) is 0. The third-order valence-corrected chi connectivity index (χ3v) is 3.29. The minimum atomic E-state index is 0.550. The van der Waals surface area contributed by atoms with Crippen LogP contribution in [0.1, 0.15) is 18.1 Å². The molecular weight excluding hydrogens is 240 g/mol. The number of benzene rings is 1. The molecule has 1 aromatic carbocycles. The van der Waals surface area contributed by atoms with Crippen molar-refractivity contribution in [1.29, 1.82) is 0 Å². The van der Waals surface area contributed by atoms with Gasteiger partial charge in [-0.1, -0.05) is 41.1 Å². The summed E-state index contributed by atoms with van der Waals surface area (Å²) in [5.74, 6) is 1.59. The van der Waals surface area contributed by atoms with Crippen molar-refractivity contribution in [2.45, 2.75) is 20.8 Å². The van der Waals surface area contributed by atoms with Crippen LogP contribution in [0.3, 0.4) is 0 Å². The van der Waals surface area contributed by atoms with E-state index in [0.717, 1.165) is 17.7 Å². The van der Waals surface area contributed by atoms with Gasteiger partial charge in [0, 0.05) is 5.33 Å². The lowest BCUT2D eigenvalue weighted by Gasteiger charge is -2.14. The number of rotatable bonds is 4. The van der Waals surface area contributed by atoms with Gasteiger partial charge in [-0.15, -0.1) is 0 Å². The van der Waals surface area contributed by atoms with Gasteiger partial charge in [-0.25, -0.2) is 0 Å². The molecule has 0 aliphatic carbocycles. The van der Waals surface area contributed by atoms with Crippen LogP contribution >= 0.6 is 15.9 Å². The van der Waals surface area contributed by atoms with Gasteiger partial charge < -0.3 is 4.74 Å². The average Bonchev–Trinajstić information content (AvgIpc) is 2.16. The molecule has 0 bridgehead atoms. The fourth-order valence-electron chi connectivity index (χ4n) is 1.30. The largest absolute Gasteiger partial charge is 0.493 e. The zero-order chi connectivity index (χ0) is 10.6. The molecule has 14 heavy (non-hydrogen) atoms. The monoisotopic (exact) mass is 256 g/mol. The Balaban J connectivity index is 2.66. The molecule has 0 aliphatic rings. The Kier molecular flexibility index (Phi) is 4.46. The highest BCUT2D eigenvalue weighted by atomic mass is 79.9.